The van der Waals surface area contributed by atoms with Crippen molar-refractivity contribution in [3.05, 3.63) is 36.5 Å². The molecule has 0 aliphatic carbocycles. The number of hydrogen-bond donors (Lipinski definition) is 2. The SMILES string of the molecule is C=C/C=C\C(=C/C)CCCCCN.O=CO. The maximum Gasteiger partial charge on any atom is 0.290 e. The van der Waals surface area contributed by atoms with Crippen molar-refractivity contribution in [1.29, 1.82) is 0 Å². The van der Waals surface area contributed by atoms with Gasteiger partial charge in [0.25, 0.3) is 6.47 Å². The average molecular weight is 225 g/mol. The smallest absolute Gasteiger partial charge is 0.290 e. The fourth-order valence-corrected chi connectivity index (χ4v) is 1.17. The molecule has 0 aromatic rings. The largest absolute Gasteiger partial charge is 0.483 e. The van der Waals surface area contributed by atoms with Crippen LogP contribution in [0.5, 0.6) is 0 Å². The van der Waals surface area contributed by atoms with Gasteiger partial charge in [0.15, 0.2) is 0 Å². The van der Waals surface area contributed by atoms with Gasteiger partial charge in [0.2, 0.25) is 0 Å². The lowest BCUT2D eigenvalue weighted by atomic mass is 10.1. The normalized spacial score (nSPS) is 10.8. The Hall–Kier alpha value is -1.35. The van der Waals surface area contributed by atoms with Crippen LogP contribution in [0, 0.1) is 0 Å². The minimum Gasteiger partial charge on any atom is -0.483 e. The summed E-state index contributed by atoms with van der Waals surface area (Å²) in [4.78, 5) is 8.36. The number of carbonyl (C=O) groups is 1. The van der Waals surface area contributed by atoms with Crippen LogP contribution < -0.4 is 5.73 Å². The Morgan fingerprint density at radius 1 is 1.38 bits per heavy atom. The Morgan fingerprint density at radius 3 is 2.44 bits per heavy atom. The molecule has 3 nitrogen and oxygen atoms in total. The predicted octanol–water partition coefficient (Wildman–Crippen LogP) is 2.89. The summed E-state index contributed by atoms with van der Waals surface area (Å²) in [6.07, 6.45) is 12.8. The van der Waals surface area contributed by atoms with E-state index >= 15 is 0 Å². The number of rotatable bonds is 7. The fraction of sp³-hybridized carbons (Fsp3) is 0.462. The quantitative estimate of drug-likeness (QED) is 0.398. The first-order chi connectivity index (χ1) is 7.76. The molecule has 92 valence electrons. The van der Waals surface area contributed by atoms with Gasteiger partial charge in [-0.05, 0) is 32.7 Å². The van der Waals surface area contributed by atoms with Crippen molar-refractivity contribution in [3.63, 3.8) is 0 Å². The lowest BCUT2D eigenvalue weighted by Gasteiger charge is -2.00. The average Bonchev–Trinajstić information content (AvgIpc) is 2.29. The van der Waals surface area contributed by atoms with E-state index in [0.717, 1.165) is 19.4 Å². The molecule has 0 aliphatic rings. The third kappa shape index (κ3) is 15.1. The van der Waals surface area contributed by atoms with Gasteiger partial charge in [0.05, 0.1) is 0 Å². The van der Waals surface area contributed by atoms with Crippen LogP contribution in [-0.2, 0) is 4.79 Å². The molecular weight excluding hydrogens is 202 g/mol. The number of carboxylic acid groups (broad SMARTS) is 1. The Labute approximate surface area is 98.4 Å². The topological polar surface area (TPSA) is 63.3 Å². The van der Waals surface area contributed by atoms with E-state index in [1.54, 1.807) is 0 Å². The predicted molar refractivity (Wildman–Crippen MR) is 69.3 cm³/mol. The third-order valence-corrected chi connectivity index (χ3v) is 1.99. The van der Waals surface area contributed by atoms with Gasteiger partial charge in [-0.3, -0.25) is 4.79 Å². The van der Waals surface area contributed by atoms with Crippen molar-refractivity contribution >= 4 is 6.47 Å². The zero-order valence-electron chi connectivity index (χ0n) is 10.1. The van der Waals surface area contributed by atoms with Crippen LogP contribution in [-0.4, -0.2) is 18.1 Å². The molecule has 0 amide bonds. The zero-order valence-corrected chi connectivity index (χ0v) is 10.1. The molecule has 0 spiro atoms. The molecule has 3 heteroatoms. The van der Waals surface area contributed by atoms with Crippen LogP contribution in [0.2, 0.25) is 0 Å². The molecule has 0 unspecified atom stereocenters. The van der Waals surface area contributed by atoms with Crippen LogP contribution >= 0.6 is 0 Å². The molecule has 0 fully saturated rings. The molecule has 0 heterocycles. The summed E-state index contributed by atoms with van der Waals surface area (Å²) in [5, 5.41) is 6.89. The molecule has 0 saturated carbocycles. The van der Waals surface area contributed by atoms with Crippen molar-refractivity contribution in [1.82, 2.24) is 0 Å². The Balaban J connectivity index is 0. The minimum absolute atomic E-state index is 0.250. The Morgan fingerprint density at radius 2 is 2.00 bits per heavy atom. The molecule has 16 heavy (non-hydrogen) atoms. The first-order valence-electron chi connectivity index (χ1n) is 5.49. The minimum atomic E-state index is -0.250. The van der Waals surface area contributed by atoms with Crippen molar-refractivity contribution in [2.45, 2.75) is 32.6 Å². The number of allylic oxidation sites excluding steroid dienone is 5. The lowest BCUT2D eigenvalue weighted by molar-refractivity contribution is -0.122. The Bertz CT molecular complexity index is 220. The van der Waals surface area contributed by atoms with Crippen LogP contribution in [0.3, 0.4) is 0 Å². The van der Waals surface area contributed by atoms with E-state index < -0.39 is 0 Å². The summed E-state index contributed by atoms with van der Waals surface area (Å²) >= 11 is 0. The van der Waals surface area contributed by atoms with Gasteiger partial charge in [-0.25, -0.2) is 0 Å². The van der Waals surface area contributed by atoms with E-state index in [9.17, 15) is 0 Å². The molecule has 0 aromatic carbocycles. The van der Waals surface area contributed by atoms with E-state index in [2.05, 4.69) is 25.7 Å². The van der Waals surface area contributed by atoms with E-state index in [4.69, 9.17) is 15.6 Å². The van der Waals surface area contributed by atoms with Crippen LogP contribution in [0.1, 0.15) is 32.6 Å². The van der Waals surface area contributed by atoms with Gasteiger partial charge in [-0.15, -0.1) is 0 Å². The van der Waals surface area contributed by atoms with E-state index in [1.807, 2.05) is 12.2 Å². The molecule has 0 atom stereocenters. The van der Waals surface area contributed by atoms with Gasteiger partial charge in [-0.2, -0.15) is 0 Å². The summed E-state index contributed by atoms with van der Waals surface area (Å²) in [5.74, 6) is 0. The number of unbranched alkanes of at least 4 members (excludes halogenated alkanes) is 2. The highest BCUT2D eigenvalue weighted by atomic mass is 16.3. The van der Waals surface area contributed by atoms with Gasteiger partial charge < -0.3 is 10.8 Å². The number of nitrogens with two attached hydrogens (primary N) is 1. The lowest BCUT2D eigenvalue weighted by Crippen LogP contribution is -1.97. The second-order valence-corrected chi connectivity index (χ2v) is 3.16. The molecule has 0 bridgehead atoms. The number of hydrogen-bond acceptors (Lipinski definition) is 2. The maximum atomic E-state index is 8.36. The van der Waals surface area contributed by atoms with E-state index in [0.29, 0.717) is 0 Å². The standard InChI is InChI=1S/C12H21N.CH2O2/c1-3-5-9-12(4-2)10-7-6-8-11-13;2-1-3/h3-5,9H,1,6-8,10-11,13H2,2H3;1H,(H,2,3)/b9-5-,12-4+;. The Kier molecular flexibility index (Phi) is 17.2. The molecule has 0 saturated heterocycles. The van der Waals surface area contributed by atoms with Crippen LogP contribution in [0.15, 0.2) is 36.5 Å². The highest BCUT2D eigenvalue weighted by Crippen LogP contribution is 2.09. The molecular formula is C13H23NO2. The second-order valence-electron chi connectivity index (χ2n) is 3.16. The van der Waals surface area contributed by atoms with Crippen molar-refractivity contribution < 1.29 is 9.90 Å². The second kappa shape index (κ2) is 16.1. The summed E-state index contributed by atoms with van der Waals surface area (Å²) < 4.78 is 0. The van der Waals surface area contributed by atoms with Gasteiger partial charge >= 0.3 is 0 Å². The monoisotopic (exact) mass is 225 g/mol. The first kappa shape index (κ1) is 17.1. The fourth-order valence-electron chi connectivity index (χ4n) is 1.17. The van der Waals surface area contributed by atoms with Gasteiger partial charge in [-0.1, -0.05) is 42.9 Å². The van der Waals surface area contributed by atoms with Crippen LogP contribution in [0.25, 0.3) is 0 Å². The summed E-state index contributed by atoms with van der Waals surface area (Å²) in [5.41, 5.74) is 6.80. The highest BCUT2D eigenvalue weighted by Gasteiger charge is 1.91. The summed E-state index contributed by atoms with van der Waals surface area (Å²) in [6.45, 7) is 6.28. The van der Waals surface area contributed by atoms with E-state index in [1.165, 1.54) is 18.4 Å². The highest BCUT2D eigenvalue weighted by molar-refractivity contribution is 5.32. The zero-order chi connectivity index (χ0) is 12.6. The first-order valence-corrected chi connectivity index (χ1v) is 5.49. The molecule has 0 rings (SSSR count). The molecule has 0 aliphatic heterocycles. The van der Waals surface area contributed by atoms with E-state index in [-0.39, 0.29) is 6.47 Å². The molecule has 0 aromatic heterocycles. The maximum absolute atomic E-state index is 8.36. The van der Waals surface area contributed by atoms with Crippen LogP contribution in [0.4, 0.5) is 0 Å². The van der Waals surface area contributed by atoms with Crippen molar-refractivity contribution in [3.8, 4) is 0 Å². The van der Waals surface area contributed by atoms with Gasteiger partial charge in [0.1, 0.15) is 0 Å². The summed E-state index contributed by atoms with van der Waals surface area (Å²) in [6, 6.07) is 0. The van der Waals surface area contributed by atoms with Gasteiger partial charge in [0, 0.05) is 0 Å². The molecule has 0 radical (unpaired) electrons. The van der Waals surface area contributed by atoms with Crippen molar-refractivity contribution in [2.75, 3.05) is 6.54 Å². The third-order valence-electron chi connectivity index (χ3n) is 1.99. The molecule has 3 N–H and O–H groups in total. The summed E-state index contributed by atoms with van der Waals surface area (Å²) in [7, 11) is 0. The van der Waals surface area contributed by atoms with Crippen molar-refractivity contribution in [2.24, 2.45) is 5.73 Å².